The molecule has 0 heterocycles. The van der Waals surface area contributed by atoms with E-state index in [1.807, 2.05) is 25.1 Å². The van der Waals surface area contributed by atoms with Crippen molar-refractivity contribution < 1.29 is 4.74 Å². The highest BCUT2D eigenvalue weighted by molar-refractivity contribution is 6.42. The van der Waals surface area contributed by atoms with Crippen LogP contribution >= 0.6 is 23.2 Å². The van der Waals surface area contributed by atoms with E-state index in [0.29, 0.717) is 22.1 Å². The zero-order valence-corrected chi connectivity index (χ0v) is 12.8. The summed E-state index contributed by atoms with van der Waals surface area (Å²) in [5, 5.41) is 1.20. The lowest BCUT2D eigenvalue weighted by Crippen LogP contribution is -2.36. The van der Waals surface area contributed by atoms with Gasteiger partial charge >= 0.3 is 0 Å². The molecule has 1 aliphatic rings. The van der Waals surface area contributed by atoms with Gasteiger partial charge in [0.25, 0.3) is 0 Å². The molecule has 106 valence electrons. The number of benzene rings is 1. The second-order valence-corrected chi connectivity index (χ2v) is 6.18. The van der Waals surface area contributed by atoms with Crippen molar-refractivity contribution in [3.63, 3.8) is 0 Å². The number of hydrogen-bond donors (Lipinski definition) is 1. The van der Waals surface area contributed by atoms with Gasteiger partial charge in [-0.2, -0.15) is 0 Å². The van der Waals surface area contributed by atoms with Crippen LogP contribution in [-0.4, -0.2) is 18.8 Å². The van der Waals surface area contributed by atoms with Gasteiger partial charge < -0.3 is 10.5 Å². The third kappa shape index (κ3) is 4.35. The van der Waals surface area contributed by atoms with Crippen LogP contribution in [0.4, 0.5) is 0 Å². The quantitative estimate of drug-likeness (QED) is 0.859. The first-order chi connectivity index (χ1) is 9.08. The van der Waals surface area contributed by atoms with E-state index in [9.17, 15) is 0 Å². The lowest BCUT2D eigenvalue weighted by Gasteiger charge is -2.36. The van der Waals surface area contributed by atoms with Crippen LogP contribution in [0.25, 0.3) is 0 Å². The Morgan fingerprint density at radius 2 is 2.05 bits per heavy atom. The number of halogens is 2. The molecule has 0 bridgehead atoms. The molecule has 0 amide bonds. The molecule has 19 heavy (non-hydrogen) atoms. The number of hydrogen-bond acceptors (Lipinski definition) is 2. The Morgan fingerprint density at radius 1 is 1.32 bits per heavy atom. The SMILES string of the molecule is CCOC1CC(CC(N)Cc2ccc(Cl)c(Cl)c2)C1. The molecule has 4 heteroatoms. The van der Waals surface area contributed by atoms with Gasteiger partial charge in [-0.05, 0) is 56.2 Å². The summed E-state index contributed by atoms with van der Waals surface area (Å²) < 4.78 is 5.56. The van der Waals surface area contributed by atoms with E-state index in [-0.39, 0.29) is 6.04 Å². The van der Waals surface area contributed by atoms with Crippen LogP contribution in [0.1, 0.15) is 31.7 Å². The van der Waals surface area contributed by atoms with Crippen molar-refractivity contribution in [1.82, 2.24) is 0 Å². The van der Waals surface area contributed by atoms with Crippen molar-refractivity contribution >= 4 is 23.2 Å². The molecular weight excluding hydrogens is 281 g/mol. The molecule has 0 aromatic heterocycles. The molecule has 2 N–H and O–H groups in total. The first kappa shape index (κ1) is 15.1. The van der Waals surface area contributed by atoms with Gasteiger partial charge in [0.2, 0.25) is 0 Å². The predicted octanol–water partition coefficient (Wildman–Crippen LogP) is 4.07. The van der Waals surface area contributed by atoms with E-state index in [0.717, 1.165) is 37.9 Å². The average molecular weight is 302 g/mol. The Balaban J connectivity index is 1.75. The Kier molecular flexibility index (Phi) is 5.52. The molecule has 1 saturated carbocycles. The lowest BCUT2D eigenvalue weighted by atomic mass is 9.77. The van der Waals surface area contributed by atoms with E-state index in [2.05, 4.69) is 0 Å². The summed E-state index contributed by atoms with van der Waals surface area (Å²) in [6, 6.07) is 5.93. The Labute approximate surface area is 125 Å². The largest absolute Gasteiger partial charge is 0.378 e. The second-order valence-electron chi connectivity index (χ2n) is 5.36. The maximum absolute atomic E-state index is 6.21. The highest BCUT2D eigenvalue weighted by Crippen LogP contribution is 2.34. The van der Waals surface area contributed by atoms with Crippen LogP contribution in [0.15, 0.2) is 18.2 Å². The van der Waals surface area contributed by atoms with Crippen LogP contribution in [-0.2, 0) is 11.2 Å². The molecule has 1 aromatic rings. The first-order valence-corrected chi connectivity index (χ1v) is 7.65. The average Bonchev–Trinajstić information content (AvgIpc) is 2.31. The fourth-order valence-corrected chi connectivity index (χ4v) is 3.04. The predicted molar refractivity (Wildman–Crippen MR) is 80.9 cm³/mol. The summed E-state index contributed by atoms with van der Waals surface area (Å²) in [4.78, 5) is 0. The number of ether oxygens (including phenoxy) is 1. The van der Waals surface area contributed by atoms with Crippen molar-refractivity contribution in [2.45, 2.75) is 44.8 Å². The highest BCUT2D eigenvalue weighted by atomic mass is 35.5. The topological polar surface area (TPSA) is 35.2 Å². The smallest absolute Gasteiger partial charge is 0.0595 e. The molecule has 2 rings (SSSR count). The van der Waals surface area contributed by atoms with Gasteiger partial charge in [0, 0.05) is 12.6 Å². The second kappa shape index (κ2) is 6.94. The van der Waals surface area contributed by atoms with E-state index < -0.39 is 0 Å². The summed E-state index contributed by atoms with van der Waals surface area (Å²) in [6.45, 7) is 2.86. The molecule has 0 aliphatic heterocycles. The molecule has 1 unspecified atom stereocenters. The van der Waals surface area contributed by atoms with Gasteiger partial charge in [0.15, 0.2) is 0 Å². The fraction of sp³-hybridized carbons (Fsp3) is 0.600. The van der Waals surface area contributed by atoms with Gasteiger partial charge in [-0.1, -0.05) is 29.3 Å². The monoisotopic (exact) mass is 301 g/mol. The minimum absolute atomic E-state index is 0.185. The Hall–Kier alpha value is -0.280. The number of rotatable bonds is 6. The maximum atomic E-state index is 6.21. The van der Waals surface area contributed by atoms with Crippen molar-refractivity contribution in [2.24, 2.45) is 11.7 Å². The van der Waals surface area contributed by atoms with Crippen molar-refractivity contribution in [1.29, 1.82) is 0 Å². The van der Waals surface area contributed by atoms with E-state index >= 15 is 0 Å². The Bertz CT molecular complexity index is 419. The lowest BCUT2D eigenvalue weighted by molar-refractivity contribution is -0.0280. The summed E-state index contributed by atoms with van der Waals surface area (Å²) in [6.07, 6.45) is 4.69. The van der Waals surface area contributed by atoms with Gasteiger partial charge in [0.05, 0.1) is 16.1 Å². The molecule has 1 atom stereocenters. The standard InChI is InChI=1S/C15H21Cl2NO/c1-2-19-13-7-11(8-13)6-12(18)5-10-3-4-14(16)15(17)9-10/h3-4,9,11-13H,2,5-8,18H2,1H3. The third-order valence-corrected chi connectivity index (χ3v) is 4.45. The molecular formula is C15H21Cl2NO. The molecule has 1 fully saturated rings. The number of nitrogens with two attached hydrogens (primary N) is 1. The van der Waals surface area contributed by atoms with Gasteiger partial charge in [-0.3, -0.25) is 0 Å². The fourth-order valence-electron chi connectivity index (χ4n) is 2.72. The summed E-state index contributed by atoms with van der Waals surface area (Å²) in [7, 11) is 0. The van der Waals surface area contributed by atoms with E-state index in [1.54, 1.807) is 0 Å². The molecule has 0 saturated heterocycles. The molecule has 1 aliphatic carbocycles. The van der Waals surface area contributed by atoms with Crippen LogP contribution < -0.4 is 5.73 Å². The zero-order valence-electron chi connectivity index (χ0n) is 11.2. The maximum Gasteiger partial charge on any atom is 0.0595 e. The van der Waals surface area contributed by atoms with Gasteiger partial charge in [-0.15, -0.1) is 0 Å². The van der Waals surface area contributed by atoms with Crippen molar-refractivity contribution in [3.8, 4) is 0 Å². The van der Waals surface area contributed by atoms with Gasteiger partial charge in [-0.25, -0.2) is 0 Å². The molecule has 2 nitrogen and oxygen atoms in total. The normalized spacial score (nSPS) is 24.0. The minimum atomic E-state index is 0.185. The molecule has 1 aromatic carbocycles. The molecule has 0 spiro atoms. The summed E-state index contributed by atoms with van der Waals surface area (Å²) in [5.41, 5.74) is 7.36. The third-order valence-electron chi connectivity index (χ3n) is 3.71. The van der Waals surface area contributed by atoms with Crippen LogP contribution in [0.3, 0.4) is 0 Å². The van der Waals surface area contributed by atoms with E-state index in [4.69, 9.17) is 33.7 Å². The van der Waals surface area contributed by atoms with Crippen molar-refractivity contribution in [3.05, 3.63) is 33.8 Å². The zero-order chi connectivity index (χ0) is 13.8. The molecule has 0 radical (unpaired) electrons. The summed E-state index contributed by atoms with van der Waals surface area (Å²) in [5.74, 6) is 0.717. The van der Waals surface area contributed by atoms with Crippen LogP contribution in [0.5, 0.6) is 0 Å². The van der Waals surface area contributed by atoms with Gasteiger partial charge in [0.1, 0.15) is 0 Å². The minimum Gasteiger partial charge on any atom is -0.378 e. The van der Waals surface area contributed by atoms with Crippen LogP contribution in [0.2, 0.25) is 10.0 Å². The first-order valence-electron chi connectivity index (χ1n) is 6.89. The van der Waals surface area contributed by atoms with Crippen LogP contribution in [0, 0.1) is 5.92 Å². The summed E-state index contributed by atoms with van der Waals surface area (Å²) >= 11 is 11.9. The van der Waals surface area contributed by atoms with E-state index in [1.165, 1.54) is 0 Å². The van der Waals surface area contributed by atoms with Crippen molar-refractivity contribution in [2.75, 3.05) is 6.61 Å². The Morgan fingerprint density at radius 3 is 2.68 bits per heavy atom. The highest BCUT2D eigenvalue weighted by Gasteiger charge is 2.30.